The van der Waals surface area contributed by atoms with Crippen LogP contribution in [0, 0.1) is 11.7 Å². The number of carbonyl (C=O) groups excluding carboxylic acids is 1. The van der Waals surface area contributed by atoms with Gasteiger partial charge in [-0.2, -0.15) is 0 Å². The number of carbonyl (C=O) groups is 1. The highest BCUT2D eigenvalue weighted by molar-refractivity contribution is 5.92. The molecule has 3 N–H and O–H groups in total. The lowest BCUT2D eigenvalue weighted by Crippen LogP contribution is -2.34. The minimum absolute atomic E-state index is 0.142. The Labute approximate surface area is 100.0 Å². The molecular formula is C12H17FN2O2. The number of amides is 1. The molecule has 0 aliphatic heterocycles. The second-order valence-corrected chi connectivity index (χ2v) is 3.99. The van der Waals surface area contributed by atoms with Crippen molar-refractivity contribution in [1.29, 1.82) is 0 Å². The minimum Gasteiger partial charge on any atom is -0.494 e. The molecule has 0 spiro atoms. The van der Waals surface area contributed by atoms with Crippen LogP contribution in [-0.4, -0.2) is 19.1 Å². The minimum atomic E-state index is -0.515. The van der Waals surface area contributed by atoms with E-state index in [1.165, 1.54) is 19.2 Å². The summed E-state index contributed by atoms with van der Waals surface area (Å²) in [5.41, 5.74) is 6.00. The Hall–Kier alpha value is -1.62. The normalized spacial score (nSPS) is 13.9. The average Bonchev–Trinajstić information content (AvgIpc) is 2.28. The van der Waals surface area contributed by atoms with Crippen molar-refractivity contribution in [3.63, 3.8) is 0 Å². The summed E-state index contributed by atoms with van der Waals surface area (Å²) < 4.78 is 18.1. The number of halogens is 1. The molecule has 0 radical (unpaired) electrons. The van der Waals surface area contributed by atoms with Gasteiger partial charge in [0.1, 0.15) is 0 Å². The van der Waals surface area contributed by atoms with Crippen LogP contribution < -0.4 is 15.8 Å². The molecule has 0 saturated heterocycles. The zero-order valence-corrected chi connectivity index (χ0v) is 10.2. The van der Waals surface area contributed by atoms with Gasteiger partial charge in [0.25, 0.3) is 0 Å². The molecule has 2 unspecified atom stereocenters. The third-order valence-electron chi connectivity index (χ3n) is 2.62. The Bertz CT molecular complexity index is 407. The topological polar surface area (TPSA) is 64.3 Å². The second-order valence-electron chi connectivity index (χ2n) is 3.99. The molecule has 94 valence electrons. The molecule has 1 aromatic rings. The van der Waals surface area contributed by atoms with E-state index in [9.17, 15) is 9.18 Å². The van der Waals surface area contributed by atoms with Crippen LogP contribution >= 0.6 is 0 Å². The first kappa shape index (κ1) is 13.4. The van der Waals surface area contributed by atoms with Gasteiger partial charge in [-0.1, -0.05) is 6.92 Å². The van der Waals surface area contributed by atoms with Crippen LogP contribution in [0.4, 0.5) is 10.1 Å². The number of methoxy groups -OCH3 is 1. The van der Waals surface area contributed by atoms with Gasteiger partial charge in [0.05, 0.1) is 13.0 Å². The molecule has 0 heterocycles. The van der Waals surface area contributed by atoms with Gasteiger partial charge in [-0.25, -0.2) is 4.39 Å². The number of ether oxygens (including phenoxy) is 1. The van der Waals surface area contributed by atoms with E-state index in [1.54, 1.807) is 19.9 Å². The van der Waals surface area contributed by atoms with E-state index in [-0.39, 0.29) is 23.6 Å². The van der Waals surface area contributed by atoms with Gasteiger partial charge in [-0.15, -0.1) is 0 Å². The maximum absolute atomic E-state index is 13.4. The number of benzene rings is 1. The van der Waals surface area contributed by atoms with Crippen molar-refractivity contribution in [2.24, 2.45) is 11.7 Å². The summed E-state index contributed by atoms with van der Waals surface area (Å²) in [7, 11) is 1.38. The number of anilines is 1. The van der Waals surface area contributed by atoms with E-state index in [0.717, 1.165) is 0 Å². The molecule has 0 saturated carbocycles. The van der Waals surface area contributed by atoms with Gasteiger partial charge in [-0.05, 0) is 19.1 Å². The van der Waals surface area contributed by atoms with Crippen LogP contribution in [0.1, 0.15) is 13.8 Å². The van der Waals surface area contributed by atoms with E-state index in [4.69, 9.17) is 10.5 Å². The number of rotatable bonds is 4. The van der Waals surface area contributed by atoms with Crippen LogP contribution in [-0.2, 0) is 4.79 Å². The summed E-state index contributed by atoms with van der Waals surface area (Å²) in [6.07, 6.45) is 0. The van der Waals surface area contributed by atoms with Gasteiger partial charge >= 0.3 is 0 Å². The summed E-state index contributed by atoms with van der Waals surface area (Å²) in [6.45, 7) is 3.47. The van der Waals surface area contributed by atoms with Gasteiger partial charge < -0.3 is 15.8 Å². The molecule has 1 aromatic carbocycles. The first-order valence-corrected chi connectivity index (χ1v) is 5.35. The molecule has 4 nitrogen and oxygen atoms in total. The molecule has 2 atom stereocenters. The van der Waals surface area contributed by atoms with Crippen molar-refractivity contribution >= 4 is 11.6 Å². The zero-order valence-electron chi connectivity index (χ0n) is 10.2. The number of nitrogens with two attached hydrogens (primary N) is 1. The first-order valence-electron chi connectivity index (χ1n) is 5.35. The lowest BCUT2D eigenvalue weighted by Gasteiger charge is -2.15. The summed E-state index contributed by atoms with van der Waals surface area (Å²) in [4.78, 5) is 11.7. The summed E-state index contributed by atoms with van der Waals surface area (Å²) >= 11 is 0. The fraction of sp³-hybridized carbons (Fsp3) is 0.417. The Morgan fingerprint density at radius 2 is 2.12 bits per heavy atom. The monoisotopic (exact) mass is 240 g/mol. The Morgan fingerprint density at radius 1 is 1.47 bits per heavy atom. The van der Waals surface area contributed by atoms with Crippen LogP contribution in [0.15, 0.2) is 18.2 Å². The van der Waals surface area contributed by atoms with Crippen LogP contribution in [0.3, 0.4) is 0 Å². The number of hydrogen-bond acceptors (Lipinski definition) is 3. The standard InChI is InChI=1S/C12H17FN2O2/c1-7(8(2)14)12(16)15-9-4-5-11(17-3)10(13)6-9/h4-8H,14H2,1-3H3,(H,15,16). The first-order chi connectivity index (χ1) is 7.95. The second kappa shape index (κ2) is 5.63. The number of nitrogens with one attached hydrogen (secondary N) is 1. The van der Waals surface area contributed by atoms with Crippen molar-refractivity contribution in [1.82, 2.24) is 0 Å². The van der Waals surface area contributed by atoms with Gasteiger partial charge in [-0.3, -0.25) is 4.79 Å². The Balaban J connectivity index is 2.76. The Morgan fingerprint density at radius 3 is 2.59 bits per heavy atom. The highest BCUT2D eigenvalue weighted by Crippen LogP contribution is 2.21. The maximum atomic E-state index is 13.4. The number of hydrogen-bond donors (Lipinski definition) is 2. The summed E-state index contributed by atoms with van der Waals surface area (Å²) in [6, 6.07) is 4.00. The fourth-order valence-electron chi connectivity index (χ4n) is 1.24. The van der Waals surface area contributed by atoms with Crippen molar-refractivity contribution in [2.45, 2.75) is 19.9 Å². The Kier molecular flexibility index (Phi) is 4.45. The van der Waals surface area contributed by atoms with Gasteiger partial charge in [0.2, 0.25) is 5.91 Å². The van der Waals surface area contributed by atoms with E-state index in [0.29, 0.717) is 5.69 Å². The highest BCUT2D eigenvalue weighted by Gasteiger charge is 2.17. The van der Waals surface area contributed by atoms with Crippen LogP contribution in [0.25, 0.3) is 0 Å². The molecule has 5 heteroatoms. The smallest absolute Gasteiger partial charge is 0.228 e. The third-order valence-corrected chi connectivity index (χ3v) is 2.62. The average molecular weight is 240 g/mol. The van der Waals surface area contributed by atoms with Gasteiger partial charge in [0, 0.05) is 17.8 Å². The van der Waals surface area contributed by atoms with Crippen molar-refractivity contribution in [3.05, 3.63) is 24.0 Å². The summed E-state index contributed by atoms with van der Waals surface area (Å²) in [5, 5.41) is 2.60. The van der Waals surface area contributed by atoms with Crippen LogP contribution in [0.5, 0.6) is 5.75 Å². The quantitative estimate of drug-likeness (QED) is 0.842. The molecular weight excluding hydrogens is 223 g/mol. The van der Waals surface area contributed by atoms with E-state index < -0.39 is 5.82 Å². The predicted octanol–water partition coefficient (Wildman–Crippen LogP) is 1.76. The SMILES string of the molecule is COc1ccc(NC(=O)C(C)C(C)N)cc1F. The molecule has 0 aliphatic carbocycles. The molecule has 0 bridgehead atoms. The van der Waals surface area contributed by atoms with Crippen molar-refractivity contribution in [2.75, 3.05) is 12.4 Å². The highest BCUT2D eigenvalue weighted by atomic mass is 19.1. The maximum Gasteiger partial charge on any atom is 0.228 e. The van der Waals surface area contributed by atoms with Crippen molar-refractivity contribution < 1.29 is 13.9 Å². The molecule has 1 amide bonds. The lowest BCUT2D eigenvalue weighted by molar-refractivity contribution is -0.119. The van der Waals surface area contributed by atoms with Crippen molar-refractivity contribution in [3.8, 4) is 5.75 Å². The summed E-state index contributed by atoms with van der Waals surface area (Å²) in [5.74, 6) is -0.938. The molecule has 1 rings (SSSR count). The van der Waals surface area contributed by atoms with E-state index in [1.807, 2.05) is 0 Å². The van der Waals surface area contributed by atoms with E-state index >= 15 is 0 Å². The largest absolute Gasteiger partial charge is 0.494 e. The third kappa shape index (κ3) is 3.42. The van der Waals surface area contributed by atoms with Crippen LogP contribution in [0.2, 0.25) is 0 Å². The lowest BCUT2D eigenvalue weighted by atomic mass is 10.0. The molecule has 0 fully saturated rings. The fourth-order valence-corrected chi connectivity index (χ4v) is 1.24. The van der Waals surface area contributed by atoms with Gasteiger partial charge in [0.15, 0.2) is 11.6 Å². The molecule has 17 heavy (non-hydrogen) atoms. The predicted molar refractivity (Wildman–Crippen MR) is 64.4 cm³/mol. The van der Waals surface area contributed by atoms with E-state index in [2.05, 4.69) is 5.32 Å². The molecule has 0 aromatic heterocycles. The molecule has 0 aliphatic rings. The zero-order chi connectivity index (χ0) is 13.0.